The van der Waals surface area contributed by atoms with Gasteiger partial charge < -0.3 is 24.8 Å². The van der Waals surface area contributed by atoms with Gasteiger partial charge in [-0.1, -0.05) is 23.7 Å². The number of nitrogens with one attached hydrogen (secondary N) is 2. The lowest BCUT2D eigenvalue weighted by atomic mass is 10.1. The first-order chi connectivity index (χ1) is 15.9. The molecule has 0 bridgehead atoms. The van der Waals surface area contributed by atoms with Crippen molar-refractivity contribution in [1.82, 2.24) is 0 Å². The molecule has 3 rings (SSSR count). The minimum atomic E-state index is -0.361. The number of carbonyl (C=O) groups is 2. The quantitative estimate of drug-likeness (QED) is 0.396. The maximum atomic E-state index is 12.9. The fourth-order valence-corrected chi connectivity index (χ4v) is 4.04. The van der Waals surface area contributed by atoms with Gasteiger partial charge in [0, 0.05) is 16.3 Å². The van der Waals surface area contributed by atoms with E-state index < -0.39 is 0 Å². The van der Waals surface area contributed by atoms with Gasteiger partial charge in [0.05, 0.1) is 32.1 Å². The Bertz CT molecular complexity index is 1130. The number of rotatable bonds is 9. The molecule has 3 aromatic rings. The Morgan fingerprint density at radius 1 is 0.818 bits per heavy atom. The monoisotopic (exact) mass is 486 g/mol. The number of ether oxygens (including phenoxy) is 3. The van der Waals surface area contributed by atoms with Crippen LogP contribution in [0.1, 0.15) is 10.4 Å². The number of halogens is 1. The third-order valence-corrected chi connectivity index (χ3v) is 5.84. The second kappa shape index (κ2) is 11.5. The van der Waals surface area contributed by atoms with Crippen LogP contribution >= 0.6 is 23.4 Å². The SMILES string of the molecule is COc1ccc(NC(=O)CSc2cccc(NC(=O)c3c(OC)cccc3OC)c2)cc1Cl. The van der Waals surface area contributed by atoms with Crippen molar-refractivity contribution in [3.05, 3.63) is 71.2 Å². The number of carbonyl (C=O) groups excluding carboxylic acids is 2. The van der Waals surface area contributed by atoms with Crippen molar-refractivity contribution in [3.63, 3.8) is 0 Å². The van der Waals surface area contributed by atoms with Crippen LogP contribution in [-0.4, -0.2) is 38.9 Å². The molecule has 0 aromatic heterocycles. The minimum absolute atomic E-state index is 0.182. The third-order valence-electron chi connectivity index (χ3n) is 4.55. The lowest BCUT2D eigenvalue weighted by molar-refractivity contribution is -0.113. The molecule has 0 spiro atoms. The van der Waals surface area contributed by atoms with Crippen molar-refractivity contribution >= 4 is 46.6 Å². The number of thioether (sulfide) groups is 1. The van der Waals surface area contributed by atoms with E-state index in [-0.39, 0.29) is 17.6 Å². The van der Waals surface area contributed by atoms with Gasteiger partial charge in [-0.3, -0.25) is 9.59 Å². The van der Waals surface area contributed by atoms with E-state index in [1.165, 1.54) is 33.1 Å². The van der Waals surface area contributed by atoms with Gasteiger partial charge in [0.15, 0.2) is 0 Å². The predicted molar refractivity (Wildman–Crippen MR) is 131 cm³/mol. The van der Waals surface area contributed by atoms with Crippen molar-refractivity contribution < 1.29 is 23.8 Å². The number of hydrogen-bond acceptors (Lipinski definition) is 6. The zero-order valence-corrected chi connectivity index (χ0v) is 19.9. The van der Waals surface area contributed by atoms with Gasteiger partial charge in [-0.2, -0.15) is 0 Å². The maximum absolute atomic E-state index is 12.9. The molecule has 0 aliphatic heterocycles. The van der Waals surface area contributed by atoms with Crippen LogP contribution in [0.5, 0.6) is 17.2 Å². The fraction of sp³-hybridized carbons (Fsp3) is 0.167. The molecule has 33 heavy (non-hydrogen) atoms. The Kier molecular flexibility index (Phi) is 8.46. The van der Waals surface area contributed by atoms with Crippen LogP contribution < -0.4 is 24.8 Å². The molecule has 0 aliphatic rings. The van der Waals surface area contributed by atoms with Crippen molar-refractivity contribution in [2.24, 2.45) is 0 Å². The molecule has 0 aliphatic carbocycles. The molecule has 172 valence electrons. The molecular weight excluding hydrogens is 464 g/mol. The highest BCUT2D eigenvalue weighted by molar-refractivity contribution is 8.00. The van der Waals surface area contributed by atoms with Crippen LogP contribution in [0.2, 0.25) is 5.02 Å². The Morgan fingerprint density at radius 2 is 1.45 bits per heavy atom. The highest BCUT2D eigenvalue weighted by Crippen LogP contribution is 2.30. The van der Waals surface area contributed by atoms with Crippen LogP contribution in [0.3, 0.4) is 0 Å². The van der Waals surface area contributed by atoms with Gasteiger partial charge in [-0.05, 0) is 48.5 Å². The zero-order chi connectivity index (χ0) is 23.8. The molecule has 9 heteroatoms. The van der Waals surface area contributed by atoms with Crippen molar-refractivity contribution in [2.45, 2.75) is 4.90 Å². The maximum Gasteiger partial charge on any atom is 0.263 e. The van der Waals surface area contributed by atoms with E-state index in [1.807, 2.05) is 6.07 Å². The highest BCUT2D eigenvalue weighted by Gasteiger charge is 2.18. The van der Waals surface area contributed by atoms with Gasteiger partial charge in [-0.25, -0.2) is 0 Å². The second-order valence-electron chi connectivity index (χ2n) is 6.71. The lowest BCUT2D eigenvalue weighted by Gasteiger charge is -2.13. The van der Waals surface area contributed by atoms with E-state index in [2.05, 4.69) is 10.6 Å². The molecule has 7 nitrogen and oxygen atoms in total. The number of benzene rings is 3. The molecule has 3 aromatic carbocycles. The van der Waals surface area contributed by atoms with Gasteiger partial charge in [0.25, 0.3) is 5.91 Å². The summed E-state index contributed by atoms with van der Waals surface area (Å²) in [5, 5.41) is 6.07. The molecular formula is C24H23ClN2O5S. The molecule has 2 amide bonds. The van der Waals surface area contributed by atoms with Crippen LogP contribution in [0.4, 0.5) is 11.4 Å². The van der Waals surface area contributed by atoms with Crippen LogP contribution in [0.25, 0.3) is 0 Å². The summed E-state index contributed by atoms with van der Waals surface area (Å²) in [5.74, 6) is 0.991. The van der Waals surface area contributed by atoms with Crippen LogP contribution in [0.15, 0.2) is 65.6 Å². The summed E-state index contributed by atoms with van der Waals surface area (Å²) in [5.41, 5.74) is 1.47. The summed E-state index contributed by atoms with van der Waals surface area (Å²) >= 11 is 7.44. The van der Waals surface area contributed by atoms with Gasteiger partial charge in [0.1, 0.15) is 22.8 Å². The second-order valence-corrected chi connectivity index (χ2v) is 8.16. The minimum Gasteiger partial charge on any atom is -0.496 e. The third kappa shape index (κ3) is 6.34. The molecule has 0 fully saturated rings. The van der Waals surface area contributed by atoms with Crippen molar-refractivity contribution in [2.75, 3.05) is 37.7 Å². The molecule has 0 atom stereocenters. The Balaban J connectivity index is 1.63. The molecule has 2 N–H and O–H groups in total. The molecule has 0 heterocycles. The summed E-state index contributed by atoms with van der Waals surface area (Å²) < 4.78 is 15.7. The first-order valence-corrected chi connectivity index (χ1v) is 11.2. The molecule has 0 unspecified atom stereocenters. The van der Waals surface area contributed by atoms with Gasteiger partial charge in [0.2, 0.25) is 5.91 Å². The Labute approximate surface area is 201 Å². The van der Waals surface area contributed by atoms with Crippen LogP contribution in [-0.2, 0) is 4.79 Å². The van der Waals surface area contributed by atoms with E-state index in [1.54, 1.807) is 54.6 Å². The number of anilines is 2. The summed E-state index contributed by atoms with van der Waals surface area (Å²) in [4.78, 5) is 26.0. The van der Waals surface area contributed by atoms with Gasteiger partial charge >= 0.3 is 0 Å². The summed E-state index contributed by atoms with van der Waals surface area (Å²) in [7, 11) is 4.51. The lowest BCUT2D eigenvalue weighted by Crippen LogP contribution is -2.15. The normalized spacial score (nSPS) is 10.3. The zero-order valence-electron chi connectivity index (χ0n) is 18.3. The Morgan fingerprint density at radius 3 is 2.09 bits per heavy atom. The molecule has 0 saturated carbocycles. The van der Waals surface area contributed by atoms with Crippen molar-refractivity contribution in [1.29, 1.82) is 0 Å². The topological polar surface area (TPSA) is 85.9 Å². The van der Waals surface area contributed by atoms with E-state index in [4.69, 9.17) is 25.8 Å². The van der Waals surface area contributed by atoms with E-state index >= 15 is 0 Å². The predicted octanol–water partition coefficient (Wildman–Crippen LogP) is 5.35. The van der Waals surface area contributed by atoms with Gasteiger partial charge in [-0.15, -0.1) is 11.8 Å². The Hall–Kier alpha value is -3.36. The molecule has 0 saturated heterocycles. The highest BCUT2D eigenvalue weighted by atomic mass is 35.5. The average molecular weight is 487 g/mol. The fourth-order valence-electron chi connectivity index (χ4n) is 3.02. The van der Waals surface area contributed by atoms with Crippen LogP contribution in [0, 0.1) is 0 Å². The first kappa shape index (κ1) is 24.3. The summed E-state index contributed by atoms with van der Waals surface area (Å²) in [6.45, 7) is 0. The number of amides is 2. The van der Waals surface area contributed by atoms with E-state index in [0.29, 0.717) is 39.2 Å². The van der Waals surface area contributed by atoms with E-state index in [0.717, 1.165) is 4.90 Å². The largest absolute Gasteiger partial charge is 0.496 e. The van der Waals surface area contributed by atoms with E-state index in [9.17, 15) is 9.59 Å². The number of hydrogen-bond donors (Lipinski definition) is 2. The molecule has 0 radical (unpaired) electrons. The summed E-state index contributed by atoms with van der Waals surface area (Å²) in [6.07, 6.45) is 0. The number of methoxy groups -OCH3 is 3. The summed E-state index contributed by atoms with van der Waals surface area (Å²) in [6, 6.07) is 17.4. The smallest absolute Gasteiger partial charge is 0.263 e. The average Bonchev–Trinajstić information content (AvgIpc) is 2.82. The first-order valence-electron chi connectivity index (χ1n) is 9.83. The van der Waals surface area contributed by atoms with Crippen molar-refractivity contribution in [3.8, 4) is 17.2 Å². The standard InChI is InChI=1S/C24H23ClN2O5S/c1-30-19-11-10-16(13-18(19)25)26-22(28)14-33-17-7-4-6-15(12-17)27-24(29)23-20(31-2)8-5-9-21(23)32-3/h4-13H,14H2,1-3H3,(H,26,28)(H,27,29).